The number of imidazole rings is 1. The molecule has 1 aliphatic heterocycles. The van der Waals surface area contributed by atoms with Gasteiger partial charge in [-0.3, -0.25) is 4.79 Å². The SMILES string of the molecule is CNC(=O)c1ccc(-c2nc3cc(C(F)F)ccn3c2C[C@H]2CN(C(=O)O)CCO2)c(C)c1. The zero-order chi connectivity index (χ0) is 23.7. The first-order valence-electron chi connectivity index (χ1n) is 10.5. The summed E-state index contributed by atoms with van der Waals surface area (Å²) in [6.07, 6.45) is -2.16. The monoisotopic (exact) mass is 458 g/mol. The minimum Gasteiger partial charge on any atom is -0.465 e. The number of hydrogen-bond donors (Lipinski definition) is 2. The number of aromatic nitrogens is 2. The van der Waals surface area contributed by atoms with Gasteiger partial charge in [0.2, 0.25) is 0 Å². The summed E-state index contributed by atoms with van der Waals surface area (Å²) in [5.74, 6) is -0.217. The van der Waals surface area contributed by atoms with E-state index in [1.165, 1.54) is 17.0 Å². The molecule has 2 amide bonds. The van der Waals surface area contributed by atoms with Gasteiger partial charge in [0.15, 0.2) is 0 Å². The van der Waals surface area contributed by atoms with E-state index in [4.69, 9.17) is 4.74 Å². The van der Waals surface area contributed by atoms with Crippen LogP contribution in [0.15, 0.2) is 36.5 Å². The highest BCUT2D eigenvalue weighted by Crippen LogP contribution is 2.31. The van der Waals surface area contributed by atoms with Crippen molar-refractivity contribution in [3.63, 3.8) is 0 Å². The molecule has 174 valence electrons. The molecule has 1 fully saturated rings. The van der Waals surface area contributed by atoms with Crippen molar-refractivity contribution in [3.8, 4) is 11.3 Å². The number of rotatable bonds is 5. The van der Waals surface area contributed by atoms with Crippen LogP contribution in [0.25, 0.3) is 16.9 Å². The van der Waals surface area contributed by atoms with E-state index in [0.717, 1.165) is 16.8 Å². The number of carboxylic acid groups (broad SMARTS) is 1. The fraction of sp³-hybridized carbons (Fsp3) is 0.348. The van der Waals surface area contributed by atoms with Gasteiger partial charge in [-0.25, -0.2) is 18.6 Å². The molecule has 0 saturated carbocycles. The number of alkyl halides is 2. The molecule has 1 saturated heterocycles. The number of ether oxygens (including phenoxy) is 1. The predicted molar refractivity (Wildman–Crippen MR) is 117 cm³/mol. The van der Waals surface area contributed by atoms with Crippen molar-refractivity contribution in [3.05, 3.63) is 58.9 Å². The van der Waals surface area contributed by atoms with Crippen molar-refractivity contribution in [1.82, 2.24) is 19.6 Å². The average molecular weight is 458 g/mol. The van der Waals surface area contributed by atoms with Gasteiger partial charge in [-0.2, -0.15) is 0 Å². The van der Waals surface area contributed by atoms with Gasteiger partial charge in [0.25, 0.3) is 12.3 Å². The van der Waals surface area contributed by atoms with E-state index in [2.05, 4.69) is 10.3 Å². The van der Waals surface area contributed by atoms with Gasteiger partial charge in [0.1, 0.15) is 5.65 Å². The standard InChI is InChI=1S/C23H24F2N4O4/c1-13-9-15(22(30)26-2)3-4-17(13)20-18(11-16-12-28(23(31)32)7-8-33-16)29-6-5-14(21(24)25)10-19(29)27-20/h3-6,9-10,16,21H,7-8,11-12H2,1-2H3,(H,26,30)(H,31,32)/t16-/m0/s1. The Kier molecular flexibility index (Phi) is 6.28. The summed E-state index contributed by atoms with van der Waals surface area (Å²) >= 11 is 0. The van der Waals surface area contributed by atoms with Gasteiger partial charge in [-0.05, 0) is 36.8 Å². The van der Waals surface area contributed by atoms with Crippen molar-refractivity contribution >= 4 is 17.6 Å². The lowest BCUT2D eigenvalue weighted by molar-refractivity contribution is -0.0214. The maximum absolute atomic E-state index is 13.3. The molecule has 0 bridgehead atoms. The molecule has 0 radical (unpaired) electrons. The highest BCUT2D eigenvalue weighted by Gasteiger charge is 2.27. The molecule has 3 aromatic rings. The fourth-order valence-electron chi connectivity index (χ4n) is 4.10. The number of amides is 2. The quantitative estimate of drug-likeness (QED) is 0.610. The summed E-state index contributed by atoms with van der Waals surface area (Å²) < 4.78 is 34.1. The van der Waals surface area contributed by atoms with Gasteiger partial charge in [-0.15, -0.1) is 0 Å². The molecule has 1 aromatic carbocycles. The van der Waals surface area contributed by atoms with Crippen molar-refractivity contribution in [2.75, 3.05) is 26.7 Å². The molecule has 8 nitrogen and oxygen atoms in total. The Balaban J connectivity index is 1.79. The van der Waals surface area contributed by atoms with E-state index < -0.39 is 18.6 Å². The molecule has 4 rings (SSSR count). The molecule has 3 heterocycles. The number of fused-ring (bicyclic) bond motifs is 1. The van der Waals surface area contributed by atoms with Crippen molar-refractivity contribution in [2.45, 2.75) is 25.9 Å². The number of aryl methyl sites for hydroxylation is 1. The van der Waals surface area contributed by atoms with E-state index in [-0.39, 0.29) is 24.6 Å². The van der Waals surface area contributed by atoms with Gasteiger partial charge >= 0.3 is 6.09 Å². The number of pyridine rings is 1. The molecule has 2 N–H and O–H groups in total. The van der Waals surface area contributed by atoms with Crippen molar-refractivity contribution < 1.29 is 28.2 Å². The summed E-state index contributed by atoms with van der Waals surface area (Å²) in [5, 5.41) is 11.9. The predicted octanol–water partition coefficient (Wildman–Crippen LogP) is 3.53. The summed E-state index contributed by atoms with van der Waals surface area (Å²) in [4.78, 5) is 29.4. The molecule has 1 atom stereocenters. The Bertz CT molecular complexity index is 1210. The first kappa shape index (κ1) is 22.7. The third-order valence-corrected chi connectivity index (χ3v) is 5.80. The summed E-state index contributed by atoms with van der Waals surface area (Å²) in [6.45, 7) is 2.62. The molecule has 0 aliphatic carbocycles. The van der Waals surface area contributed by atoms with Gasteiger partial charge in [0.05, 0.1) is 30.6 Å². The van der Waals surface area contributed by atoms with Crippen LogP contribution in [0.1, 0.15) is 33.6 Å². The third kappa shape index (κ3) is 4.51. The topological polar surface area (TPSA) is 96.2 Å². The largest absolute Gasteiger partial charge is 0.465 e. The second-order valence-electron chi connectivity index (χ2n) is 7.93. The van der Waals surface area contributed by atoms with Crippen molar-refractivity contribution in [1.29, 1.82) is 0 Å². The lowest BCUT2D eigenvalue weighted by Gasteiger charge is -2.31. The minimum absolute atomic E-state index is 0.136. The van der Waals surface area contributed by atoms with Gasteiger partial charge in [0, 0.05) is 42.9 Å². The first-order chi connectivity index (χ1) is 15.8. The van der Waals surface area contributed by atoms with Gasteiger partial charge < -0.3 is 24.5 Å². The van der Waals surface area contributed by atoms with Crippen LogP contribution in [0, 0.1) is 6.92 Å². The number of nitrogens with one attached hydrogen (secondary N) is 1. The molecule has 0 spiro atoms. The Hall–Kier alpha value is -3.53. The maximum Gasteiger partial charge on any atom is 0.407 e. The van der Waals surface area contributed by atoms with Crippen LogP contribution in [-0.4, -0.2) is 64.2 Å². The maximum atomic E-state index is 13.3. The van der Waals surface area contributed by atoms with Crippen LogP contribution in [0.2, 0.25) is 0 Å². The highest BCUT2D eigenvalue weighted by atomic mass is 19.3. The van der Waals surface area contributed by atoms with Crippen LogP contribution in [-0.2, 0) is 11.2 Å². The molecule has 0 unspecified atom stereocenters. The molecule has 2 aromatic heterocycles. The van der Waals surface area contributed by atoms with E-state index in [9.17, 15) is 23.5 Å². The number of carbonyl (C=O) groups excluding carboxylic acids is 1. The second-order valence-corrected chi connectivity index (χ2v) is 7.93. The number of morpholine rings is 1. The number of nitrogens with zero attached hydrogens (tertiary/aromatic N) is 3. The Morgan fingerprint density at radius 1 is 1.30 bits per heavy atom. The van der Waals surface area contributed by atoms with E-state index >= 15 is 0 Å². The second kappa shape index (κ2) is 9.14. The molecular formula is C23H24F2N4O4. The van der Waals surface area contributed by atoms with Crippen molar-refractivity contribution in [2.24, 2.45) is 0 Å². The summed E-state index contributed by atoms with van der Waals surface area (Å²) in [7, 11) is 1.55. The van der Waals surface area contributed by atoms with Crippen LogP contribution >= 0.6 is 0 Å². The number of carbonyl (C=O) groups is 2. The molecular weight excluding hydrogens is 434 g/mol. The van der Waals surface area contributed by atoms with E-state index in [1.807, 2.05) is 6.92 Å². The Morgan fingerprint density at radius 2 is 2.09 bits per heavy atom. The first-order valence-corrected chi connectivity index (χ1v) is 10.5. The summed E-state index contributed by atoms with van der Waals surface area (Å²) in [5.41, 5.74) is 3.58. The highest BCUT2D eigenvalue weighted by molar-refractivity contribution is 5.95. The van der Waals surface area contributed by atoms with Gasteiger partial charge in [-0.1, -0.05) is 6.07 Å². The molecule has 33 heavy (non-hydrogen) atoms. The van der Waals surface area contributed by atoms with Crippen LogP contribution in [0.3, 0.4) is 0 Å². The zero-order valence-electron chi connectivity index (χ0n) is 18.2. The van der Waals surface area contributed by atoms with E-state index in [0.29, 0.717) is 29.9 Å². The van der Waals surface area contributed by atoms with E-state index in [1.54, 1.807) is 35.8 Å². The fourth-order valence-corrected chi connectivity index (χ4v) is 4.10. The smallest absolute Gasteiger partial charge is 0.407 e. The molecule has 1 aliphatic rings. The van der Waals surface area contributed by atoms with Crippen LogP contribution in [0.5, 0.6) is 0 Å². The third-order valence-electron chi connectivity index (χ3n) is 5.80. The lowest BCUT2D eigenvalue weighted by atomic mass is 9.99. The van der Waals surface area contributed by atoms with Crippen LogP contribution in [0.4, 0.5) is 13.6 Å². The number of halogens is 2. The van der Waals surface area contributed by atoms with Crippen LogP contribution < -0.4 is 5.32 Å². The minimum atomic E-state index is -2.63. The molecule has 10 heteroatoms. The lowest BCUT2D eigenvalue weighted by Crippen LogP contribution is -2.45. The number of hydrogen-bond acceptors (Lipinski definition) is 4. The number of benzene rings is 1. The Morgan fingerprint density at radius 3 is 2.76 bits per heavy atom. The Labute approximate surface area is 188 Å². The zero-order valence-corrected chi connectivity index (χ0v) is 18.2. The average Bonchev–Trinajstić information content (AvgIpc) is 3.15. The summed E-state index contributed by atoms with van der Waals surface area (Å²) in [6, 6.07) is 7.90. The normalized spacial score (nSPS) is 16.4.